The van der Waals surface area contributed by atoms with Crippen LogP contribution in [0.5, 0.6) is 5.88 Å². The van der Waals surface area contributed by atoms with Gasteiger partial charge in [0.25, 0.3) is 17.3 Å². The Kier molecular flexibility index (Phi) is 10.8. The van der Waals surface area contributed by atoms with Crippen molar-refractivity contribution < 1.29 is 36.0 Å². The molecule has 1 unspecified atom stereocenters. The highest BCUT2D eigenvalue weighted by Crippen LogP contribution is 2.45. The van der Waals surface area contributed by atoms with Crippen molar-refractivity contribution >= 4 is 44.1 Å². The number of hydrogen-bond donors (Lipinski definition) is 2. The molecule has 5 aromatic rings. The highest BCUT2D eigenvalue weighted by molar-refractivity contribution is 7.89. The number of benzene rings is 1. The van der Waals surface area contributed by atoms with Crippen LogP contribution in [0.1, 0.15) is 66.3 Å². The molecule has 15 nitrogen and oxygen atoms in total. The van der Waals surface area contributed by atoms with Crippen molar-refractivity contribution in [2.45, 2.75) is 57.4 Å². The lowest BCUT2D eigenvalue weighted by Crippen LogP contribution is -2.38. The molecule has 8 rings (SSSR count). The molecule has 4 aromatic heterocycles. The molecule has 2 fully saturated rings. The first-order valence-electron chi connectivity index (χ1n) is 19.7. The number of nitrogens with zero attached hydrogens (tertiary/aromatic N) is 6. The number of pyridine rings is 2. The summed E-state index contributed by atoms with van der Waals surface area (Å²) in [5.41, 5.74) is 2.24. The van der Waals surface area contributed by atoms with Crippen molar-refractivity contribution in [1.29, 1.82) is 0 Å². The van der Waals surface area contributed by atoms with Crippen molar-refractivity contribution in [3.63, 3.8) is 0 Å². The number of rotatable bonds is 12. The predicted octanol–water partition coefficient (Wildman–Crippen LogP) is 4.64. The monoisotopic (exact) mass is 832 g/mol. The number of aromatic nitrogens is 4. The van der Waals surface area contributed by atoms with E-state index in [1.807, 2.05) is 18.7 Å². The van der Waals surface area contributed by atoms with Crippen LogP contribution in [0.25, 0.3) is 22.0 Å². The maximum Gasteiger partial charge on any atom is 0.274 e. The van der Waals surface area contributed by atoms with Gasteiger partial charge in [-0.15, -0.1) is 0 Å². The number of carbonyl (C=O) groups excluding carboxylic acids is 2. The van der Waals surface area contributed by atoms with Gasteiger partial charge in [-0.3, -0.25) is 19.3 Å². The predicted molar refractivity (Wildman–Crippen MR) is 215 cm³/mol. The molecule has 0 spiro atoms. The van der Waals surface area contributed by atoms with Gasteiger partial charge in [-0.25, -0.2) is 22.2 Å². The highest BCUT2D eigenvalue weighted by Gasteiger charge is 2.35. The molecule has 0 aliphatic carbocycles. The SMILES string of the molecule is CC(C)C(C(=O)N1CCCC1)c1cc(OCCN2CC[C@H](NC(=O)c3cc4c(cc3CS(C)(=O)=O)-c3cn(C)c(=O)c5[nH]cc(c35)CN4c3ncc(F)cc3F)C2)no1. The quantitative estimate of drug-likeness (QED) is 0.179. The number of ether oxygens (including phenoxy) is 1. The Balaban J connectivity index is 1.02. The zero-order valence-corrected chi connectivity index (χ0v) is 34.1. The normalized spacial score (nSPS) is 17.4. The zero-order chi connectivity index (χ0) is 41.7. The molecule has 312 valence electrons. The van der Waals surface area contributed by atoms with E-state index in [0.717, 1.165) is 38.4 Å². The van der Waals surface area contributed by atoms with Gasteiger partial charge in [0.15, 0.2) is 27.2 Å². The molecular weight excluding hydrogens is 787 g/mol. The average Bonchev–Trinajstić information content (AvgIpc) is 4.00. The number of fused-ring (bicyclic) bond motifs is 2. The van der Waals surface area contributed by atoms with Crippen LogP contribution in [-0.4, -0.2) is 101 Å². The molecule has 2 N–H and O–H groups in total. The number of sulfone groups is 1. The van der Waals surface area contributed by atoms with Gasteiger partial charge < -0.3 is 33.9 Å². The van der Waals surface area contributed by atoms with Crippen molar-refractivity contribution in [3.05, 3.63) is 87.3 Å². The average molecular weight is 833 g/mol. The summed E-state index contributed by atoms with van der Waals surface area (Å²) in [7, 11) is -2.08. The second-order valence-corrected chi connectivity index (χ2v) is 18.2. The van der Waals surface area contributed by atoms with Gasteiger partial charge in [0.05, 0.1) is 24.2 Å². The van der Waals surface area contributed by atoms with Gasteiger partial charge in [0.1, 0.15) is 23.9 Å². The smallest absolute Gasteiger partial charge is 0.274 e. The lowest BCUT2D eigenvalue weighted by Gasteiger charge is -2.26. The van der Waals surface area contributed by atoms with Crippen molar-refractivity contribution in [3.8, 4) is 17.0 Å². The Morgan fingerprint density at radius 2 is 1.88 bits per heavy atom. The van der Waals surface area contributed by atoms with E-state index in [1.54, 1.807) is 31.6 Å². The van der Waals surface area contributed by atoms with Crippen molar-refractivity contribution in [2.24, 2.45) is 13.0 Å². The summed E-state index contributed by atoms with van der Waals surface area (Å²) in [5, 5.41) is 7.70. The Bertz CT molecular complexity index is 2620. The third-order valence-electron chi connectivity index (χ3n) is 11.4. The van der Waals surface area contributed by atoms with E-state index in [2.05, 4.69) is 25.3 Å². The van der Waals surface area contributed by atoms with Gasteiger partial charge in [-0.1, -0.05) is 13.8 Å². The largest absolute Gasteiger partial charge is 0.474 e. The number of aromatic amines is 1. The van der Waals surface area contributed by atoms with Crippen LogP contribution in [0.2, 0.25) is 0 Å². The number of hydrogen-bond acceptors (Lipinski definition) is 11. The minimum absolute atomic E-state index is 0.000451. The first-order chi connectivity index (χ1) is 28.1. The number of H-pyrrole nitrogens is 1. The van der Waals surface area contributed by atoms with E-state index < -0.39 is 39.0 Å². The maximum atomic E-state index is 15.5. The van der Waals surface area contributed by atoms with Crippen LogP contribution in [0, 0.1) is 17.6 Å². The first kappa shape index (κ1) is 40.2. The summed E-state index contributed by atoms with van der Waals surface area (Å²) in [6.45, 7) is 7.41. The van der Waals surface area contributed by atoms with Crippen molar-refractivity contribution in [2.75, 3.05) is 50.5 Å². The zero-order valence-electron chi connectivity index (χ0n) is 33.3. The highest BCUT2D eigenvalue weighted by atomic mass is 32.2. The van der Waals surface area contributed by atoms with E-state index in [4.69, 9.17) is 9.26 Å². The van der Waals surface area contributed by atoms with Crippen LogP contribution in [0.15, 0.2) is 52.2 Å². The summed E-state index contributed by atoms with van der Waals surface area (Å²) in [5.74, 6) is -2.64. The lowest BCUT2D eigenvalue weighted by molar-refractivity contribution is -0.133. The number of nitrogens with one attached hydrogen (secondary N) is 2. The molecule has 0 saturated carbocycles. The molecule has 2 amide bonds. The van der Waals surface area contributed by atoms with E-state index in [-0.39, 0.29) is 53.5 Å². The number of halogens is 2. The topological polar surface area (TPSA) is 176 Å². The Morgan fingerprint density at radius 3 is 2.61 bits per heavy atom. The van der Waals surface area contributed by atoms with E-state index in [9.17, 15) is 27.2 Å². The lowest BCUT2D eigenvalue weighted by atomic mass is 9.92. The third kappa shape index (κ3) is 8.07. The molecule has 7 heterocycles. The summed E-state index contributed by atoms with van der Waals surface area (Å²) >= 11 is 0. The molecule has 0 bridgehead atoms. The number of aryl methyl sites for hydroxylation is 1. The minimum atomic E-state index is -3.67. The molecule has 2 saturated heterocycles. The molecule has 2 atom stereocenters. The second-order valence-electron chi connectivity index (χ2n) is 16.1. The van der Waals surface area contributed by atoms with Crippen LogP contribution in [0.4, 0.5) is 20.3 Å². The van der Waals surface area contributed by atoms with E-state index in [1.165, 1.54) is 15.5 Å². The van der Waals surface area contributed by atoms with Crippen LogP contribution in [0.3, 0.4) is 0 Å². The standard InChI is InChI=1S/C41H46F2N8O7S/c1-23(2)35(40(53)50-8-5-6-9-50)33-16-34(47-58-33)57-12-11-49-10-7-27(20-49)46-39(52)28-15-32-29(13-24(28)22-59(4,55)56)30-21-48(3)41(54)37-36(30)25(17-44-37)19-51(32)38-31(43)14-26(42)18-45-38/h13-18,21,23,27,35,44H,5-12,19-20,22H2,1-4H3,(H,46,52)/t27-,35?/m0/s1. The summed E-state index contributed by atoms with van der Waals surface area (Å²) in [4.78, 5) is 53.2. The summed E-state index contributed by atoms with van der Waals surface area (Å²) < 4.78 is 68.2. The minimum Gasteiger partial charge on any atom is -0.474 e. The van der Waals surface area contributed by atoms with Crippen molar-refractivity contribution in [1.82, 2.24) is 34.8 Å². The summed E-state index contributed by atoms with van der Waals surface area (Å²) in [6.07, 6.45) is 7.84. The number of likely N-dealkylation sites (tertiary alicyclic amines) is 2. The van der Waals surface area contributed by atoms with Gasteiger partial charge in [-0.2, -0.15) is 0 Å². The van der Waals surface area contributed by atoms with Gasteiger partial charge in [0, 0.05) is 98.7 Å². The number of carbonyl (C=O) groups is 2. The Hall–Kier alpha value is -5.62. The van der Waals surface area contributed by atoms with E-state index >= 15 is 4.39 Å². The fourth-order valence-corrected chi connectivity index (χ4v) is 9.35. The van der Waals surface area contributed by atoms with Gasteiger partial charge in [0.2, 0.25) is 5.91 Å². The number of amides is 2. The Labute approximate surface area is 339 Å². The van der Waals surface area contributed by atoms with Gasteiger partial charge >= 0.3 is 0 Å². The second kappa shape index (κ2) is 15.9. The molecule has 3 aliphatic heterocycles. The van der Waals surface area contributed by atoms with Gasteiger partial charge in [-0.05, 0) is 53.6 Å². The molecule has 0 radical (unpaired) electrons. The van der Waals surface area contributed by atoms with E-state index in [0.29, 0.717) is 77.0 Å². The number of anilines is 2. The van der Waals surface area contributed by atoms with Crippen LogP contribution in [-0.2, 0) is 34.0 Å². The van der Waals surface area contributed by atoms with Crippen LogP contribution >= 0.6 is 0 Å². The third-order valence-corrected chi connectivity index (χ3v) is 12.2. The fourth-order valence-electron chi connectivity index (χ4n) is 8.55. The molecule has 18 heteroatoms. The summed E-state index contributed by atoms with van der Waals surface area (Å²) in [6, 6.07) is 5.23. The van der Waals surface area contributed by atoms with Crippen LogP contribution < -0.4 is 20.5 Å². The Morgan fingerprint density at radius 1 is 1.10 bits per heavy atom. The molecule has 59 heavy (non-hydrogen) atoms. The first-order valence-corrected chi connectivity index (χ1v) is 21.8. The fraction of sp³-hybridized carbons (Fsp3) is 0.439. The molecule has 3 aliphatic rings. The molecular formula is C41H46F2N8O7S. The maximum absolute atomic E-state index is 15.5. The molecule has 1 aromatic carbocycles.